The number of carbonyl (C=O) groups excluding carboxylic acids is 4. The van der Waals surface area contributed by atoms with Crippen molar-refractivity contribution in [2.75, 3.05) is 6.61 Å². The molecule has 1 aromatic carbocycles. The van der Waals surface area contributed by atoms with E-state index in [1.54, 1.807) is 13.8 Å². The molecule has 2 bridgehead atoms. The van der Waals surface area contributed by atoms with Crippen molar-refractivity contribution in [1.82, 2.24) is 4.90 Å². The molecule has 3 aliphatic rings. The third-order valence-corrected chi connectivity index (χ3v) is 6.62. The van der Waals surface area contributed by atoms with Gasteiger partial charge < -0.3 is 4.74 Å². The molecule has 154 valence electrons. The lowest BCUT2D eigenvalue weighted by molar-refractivity contribution is -0.160. The van der Waals surface area contributed by atoms with E-state index in [0.717, 1.165) is 36.3 Å². The highest BCUT2D eigenvalue weighted by Crippen LogP contribution is 2.56. The van der Waals surface area contributed by atoms with Crippen molar-refractivity contribution in [3.05, 3.63) is 35.6 Å². The Morgan fingerprint density at radius 3 is 2.14 bits per heavy atom. The first kappa shape index (κ1) is 19.7. The molecule has 7 heteroatoms. The average molecular weight is 401 g/mol. The van der Waals surface area contributed by atoms with E-state index in [0.29, 0.717) is 0 Å². The Hall–Kier alpha value is -2.57. The minimum Gasteiger partial charge on any atom is -0.456 e. The summed E-state index contributed by atoms with van der Waals surface area (Å²) in [5.41, 5.74) is 0.222. The number of benzene rings is 1. The normalized spacial score (nSPS) is 28.8. The van der Waals surface area contributed by atoms with E-state index in [-0.39, 0.29) is 47.0 Å². The van der Waals surface area contributed by atoms with Gasteiger partial charge in [0.15, 0.2) is 12.4 Å². The molecule has 2 aliphatic carbocycles. The van der Waals surface area contributed by atoms with Crippen LogP contribution in [0, 0.1) is 35.4 Å². The quantitative estimate of drug-likeness (QED) is 0.416. The van der Waals surface area contributed by atoms with E-state index in [4.69, 9.17) is 4.74 Å². The number of esters is 1. The van der Waals surface area contributed by atoms with Crippen LogP contribution in [0.15, 0.2) is 24.3 Å². The number of imide groups is 1. The summed E-state index contributed by atoms with van der Waals surface area (Å²) in [6.07, 6.45) is 2.84. The molecule has 5 atom stereocenters. The molecule has 2 amide bonds. The molecule has 2 saturated carbocycles. The third-order valence-electron chi connectivity index (χ3n) is 6.62. The molecule has 6 nitrogen and oxygen atoms in total. The van der Waals surface area contributed by atoms with Crippen LogP contribution in [0.4, 0.5) is 4.39 Å². The van der Waals surface area contributed by atoms with Crippen molar-refractivity contribution < 1.29 is 28.3 Å². The van der Waals surface area contributed by atoms with Gasteiger partial charge in [0.05, 0.1) is 11.8 Å². The van der Waals surface area contributed by atoms with E-state index in [2.05, 4.69) is 0 Å². The Balaban J connectivity index is 1.47. The molecule has 4 rings (SSSR count). The fourth-order valence-corrected chi connectivity index (χ4v) is 5.32. The van der Waals surface area contributed by atoms with Crippen LogP contribution in [0.25, 0.3) is 0 Å². The van der Waals surface area contributed by atoms with E-state index in [9.17, 15) is 23.6 Å². The summed E-state index contributed by atoms with van der Waals surface area (Å²) in [5, 5.41) is 0. The number of likely N-dealkylation sites (tertiary alicyclic amines) is 1. The van der Waals surface area contributed by atoms with Crippen molar-refractivity contribution in [3.8, 4) is 0 Å². The zero-order valence-corrected chi connectivity index (χ0v) is 16.5. The van der Waals surface area contributed by atoms with Crippen LogP contribution < -0.4 is 0 Å². The Morgan fingerprint density at radius 2 is 1.62 bits per heavy atom. The van der Waals surface area contributed by atoms with Crippen molar-refractivity contribution in [1.29, 1.82) is 0 Å². The molecule has 0 spiro atoms. The molecular weight excluding hydrogens is 377 g/mol. The fourth-order valence-electron chi connectivity index (χ4n) is 5.32. The summed E-state index contributed by atoms with van der Waals surface area (Å²) < 4.78 is 18.2. The number of hydrogen-bond donors (Lipinski definition) is 0. The zero-order valence-electron chi connectivity index (χ0n) is 16.5. The first-order valence-corrected chi connectivity index (χ1v) is 10.1. The van der Waals surface area contributed by atoms with Crippen LogP contribution in [-0.2, 0) is 19.1 Å². The standard InChI is InChI=1S/C22H24FNO5/c1-11(2)19(22(28)29-10-16(25)12-5-7-15(23)8-6-12)24-20(26)17-13-3-4-14(9-13)18(17)21(24)27/h5-8,11,13-14,17-19H,3-4,9-10H2,1-2H3. The zero-order chi connectivity index (χ0) is 20.9. The number of Topliss-reactive ketones (excluding diaryl/α,β-unsaturated/α-hetero) is 1. The number of ketones is 1. The highest BCUT2D eigenvalue weighted by Gasteiger charge is 2.62. The topological polar surface area (TPSA) is 80.8 Å². The molecule has 5 unspecified atom stereocenters. The lowest BCUT2D eigenvalue weighted by Crippen LogP contribution is -2.50. The van der Waals surface area contributed by atoms with Crippen molar-refractivity contribution in [2.24, 2.45) is 29.6 Å². The average Bonchev–Trinajstić information content (AvgIpc) is 3.36. The van der Waals surface area contributed by atoms with Gasteiger partial charge in [-0.1, -0.05) is 13.8 Å². The molecule has 0 N–H and O–H groups in total. The number of carbonyl (C=O) groups is 4. The summed E-state index contributed by atoms with van der Waals surface area (Å²) in [7, 11) is 0. The Labute approximate surface area is 168 Å². The highest BCUT2D eigenvalue weighted by atomic mass is 19.1. The van der Waals surface area contributed by atoms with Gasteiger partial charge in [-0.25, -0.2) is 9.18 Å². The maximum absolute atomic E-state index is 13.0. The second-order valence-corrected chi connectivity index (χ2v) is 8.66. The molecule has 1 heterocycles. The van der Waals surface area contributed by atoms with Gasteiger partial charge in [0.2, 0.25) is 11.8 Å². The molecule has 1 aliphatic heterocycles. The van der Waals surface area contributed by atoms with Crippen LogP contribution in [-0.4, -0.2) is 41.1 Å². The van der Waals surface area contributed by atoms with Crippen LogP contribution in [0.5, 0.6) is 0 Å². The van der Waals surface area contributed by atoms with Crippen molar-refractivity contribution >= 4 is 23.6 Å². The fraction of sp³-hybridized carbons (Fsp3) is 0.545. The largest absolute Gasteiger partial charge is 0.456 e. The Kier molecular flexibility index (Phi) is 5.00. The van der Waals surface area contributed by atoms with Crippen molar-refractivity contribution in [3.63, 3.8) is 0 Å². The summed E-state index contributed by atoms with van der Waals surface area (Å²) >= 11 is 0. The Morgan fingerprint density at radius 1 is 1.07 bits per heavy atom. The minimum atomic E-state index is -1.04. The molecule has 1 aromatic rings. The number of nitrogens with zero attached hydrogens (tertiary/aromatic N) is 1. The molecule has 1 saturated heterocycles. The van der Waals surface area contributed by atoms with Gasteiger partial charge in [-0.3, -0.25) is 19.3 Å². The molecule has 0 radical (unpaired) electrons. The molecular formula is C22H24FNO5. The number of hydrogen-bond acceptors (Lipinski definition) is 5. The monoisotopic (exact) mass is 401 g/mol. The van der Waals surface area contributed by atoms with Gasteiger partial charge in [0.1, 0.15) is 11.9 Å². The Bertz CT molecular complexity index is 836. The van der Waals surface area contributed by atoms with Gasteiger partial charge >= 0.3 is 5.97 Å². The van der Waals surface area contributed by atoms with Gasteiger partial charge in [-0.15, -0.1) is 0 Å². The van der Waals surface area contributed by atoms with E-state index < -0.39 is 30.2 Å². The maximum atomic E-state index is 13.0. The summed E-state index contributed by atoms with van der Waals surface area (Å²) in [6, 6.07) is 3.90. The summed E-state index contributed by atoms with van der Waals surface area (Å²) in [4.78, 5) is 52.1. The molecule has 29 heavy (non-hydrogen) atoms. The predicted octanol–water partition coefficient (Wildman–Crippen LogP) is 2.61. The van der Waals surface area contributed by atoms with Crippen LogP contribution in [0.1, 0.15) is 43.5 Å². The van der Waals surface area contributed by atoms with Crippen LogP contribution >= 0.6 is 0 Å². The summed E-state index contributed by atoms with van der Waals surface area (Å²) in [6.45, 7) is 2.97. The van der Waals surface area contributed by atoms with Gasteiger partial charge in [-0.05, 0) is 61.3 Å². The van der Waals surface area contributed by atoms with Gasteiger partial charge in [0, 0.05) is 5.56 Å². The van der Waals surface area contributed by atoms with E-state index in [1.165, 1.54) is 12.1 Å². The number of amides is 2. The second-order valence-electron chi connectivity index (χ2n) is 8.66. The number of fused-ring (bicyclic) bond motifs is 5. The van der Waals surface area contributed by atoms with Crippen LogP contribution in [0.3, 0.4) is 0 Å². The molecule has 0 aromatic heterocycles. The van der Waals surface area contributed by atoms with Crippen LogP contribution in [0.2, 0.25) is 0 Å². The number of halogens is 1. The van der Waals surface area contributed by atoms with E-state index in [1.807, 2.05) is 0 Å². The first-order chi connectivity index (χ1) is 13.8. The maximum Gasteiger partial charge on any atom is 0.330 e. The highest BCUT2D eigenvalue weighted by molar-refractivity contribution is 6.09. The SMILES string of the molecule is CC(C)C(C(=O)OCC(=O)c1ccc(F)cc1)N1C(=O)C2C3CCC(C3)C2C1=O. The minimum absolute atomic E-state index is 0.222. The van der Waals surface area contributed by atoms with E-state index >= 15 is 0 Å². The lowest BCUT2D eigenvalue weighted by Gasteiger charge is -2.28. The summed E-state index contributed by atoms with van der Waals surface area (Å²) in [5.74, 6) is -2.74. The smallest absolute Gasteiger partial charge is 0.330 e. The molecule has 3 fully saturated rings. The predicted molar refractivity (Wildman–Crippen MR) is 100.0 cm³/mol. The van der Waals surface area contributed by atoms with Crippen molar-refractivity contribution in [2.45, 2.75) is 39.2 Å². The van der Waals surface area contributed by atoms with Gasteiger partial charge in [0.25, 0.3) is 0 Å². The second kappa shape index (κ2) is 7.35. The van der Waals surface area contributed by atoms with Gasteiger partial charge in [-0.2, -0.15) is 0 Å². The first-order valence-electron chi connectivity index (χ1n) is 10.1. The number of ether oxygens (including phenoxy) is 1. The third kappa shape index (κ3) is 3.26. The lowest BCUT2D eigenvalue weighted by atomic mass is 9.81. The number of rotatable bonds is 6.